The molecule has 0 spiro atoms. The van der Waals surface area contributed by atoms with Crippen LogP contribution < -0.4 is 11.1 Å². The van der Waals surface area contributed by atoms with Crippen molar-refractivity contribution in [2.24, 2.45) is 0 Å². The Kier molecular flexibility index (Phi) is 9.40. The van der Waals surface area contributed by atoms with Crippen LogP contribution in [0.2, 0.25) is 0 Å². The SMILES string of the molecule is CN(C)CCn1cc(-c2ccccn2)ncc1=O.Cl.O=c1cnc(-c2ccccn2)c[nH]1. The highest BCUT2D eigenvalue weighted by atomic mass is 35.5. The Morgan fingerprint density at radius 1 is 0.844 bits per heavy atom. The molecule has 4 rings (SSSR count). The molecule has 166 valence electrons. The van der Waals surface area contributed by atoms with Crippen molar-refractivity contribution in [1.29, 1.82) is 0 Å². The van der Waals surface area contributed by atoms with E-state index in [4.69, 9.17) is 0 Å². The number of pyridine rings is 2. The number of hydrogen-bond acceptors (Lipinski definition) is 7. The van der Waals surface area contributed by atoms with Crippen LogP contribution >= 0.6 is 12.4 Å². The fourth-order valence-corrected chi connectivity index (χ4v) is 2.57. The van der Waals surface area contributed by atoms with Gasteiger partial charge < -0.3 is 14.5 Å². The van der Waals surface area contributed by atoms with E-state index in [9.17, 15) is 9.59 Å². The van der Waals surface area contributed by atoms with Gasteiger partial charge in [-0.1, -0.05) is 12.1 Å². The average Bonchev–Trinajstić information content (AvgIpc) is 2.80. The summed E-state index contributed by atoms with van der Waals surface area (Å²) in [5.74, 6) is 0. The Balaban J connectivity index is 0.000000230. The number of aromatic nitrogens is 6. The van der Waals surface area contributed by atoms with E-state index in [-0.39, 0.29) is 23.5 Å². The molecule has 4 aromatic rings. The molecule has 9 nitrogen and oxygen atoms in total. The molecule has 0 unspecified atom stereocenters. The molecule has 0 amide bonds. The van der Waals surface area contributed by atoms with Gasteiger partial charge in [0.2, 0.25) is 0 Å². The van der Waals surface area contributed by atoms with E-state index in [0.29, 0.717) is 17.9 Å². The lowest BCUT2D eigenvalue weighted by Gasteiger charge is -2.11. The zero-order valence-electron chi connectivity index (χ0n) is 17.8. The third-order valence-electron chi connectivity index (χ3n) is 4.19. The molecule has 0 fully saturated rings. The smallest absolute Gasteiger partial charge is 0.269 e. The summed E-state index contributed by atoms with van der Waals surface area (Å²) in [4.78, 5) is 43.4. The topological polar surface area (TPSA) is 110 Å². The van der Waals surface area contributed by atoms with Crippen LogP contribution in [-0.2, 0) is 6.54 Å². The summed E-state index contributed by atoms with van der Waals surface area (Å²) in [6.07, 6.45) is 9.29. The fourth-order valence-electron chi connectivity index (χ4n) is 2.57. The highest BCUT2D eigenvalue weighted by molar-refractivity contribution is 5.85. The number of halogens is 1. The van der Waals surface area contributed by atoms with Crippen LogP contribution in [0.15, 0.2) is 83.2 Å². The number of hydrogen-bond donors (Lipinski definition) is 1. The van der Waals surface area contributed by atoms with Gasteiger partial charge in [0.05, 0.1) is 23.8 Å². The lowest BCUT2D eigenvalue weighted by atomic mass is 10.3. The van der Waals surface area contributed by atoms with Crippen LogP contribution in [0.5, 0.6) is 0 Å². The molecule has 0 aliphatic rings. The lowest BCUT2D eigenvalue weighted by molar-refractivity contribution is 0.380. The second-order valence-electron chi connectivity index (χ2n) is 6.83. The van der Waals surface area contributed by atoms with Crippen molar-refractivity contribution in [1.82, 2.24) is 34.4 Å². The van der Waals surface area contributed by atoms with Crippen molar-refractivity contribution < 1.29 is 0 Å². The predicted molar refractivity (Wildman–Crippen MR) is 126 cm³/mol. The third-order valence-corrected chi connectivity index (χ3v) is 4.19. The van der Waals surface area contributed by atoms with Gasteiger partial charge >= 0.3 is 0 Å². The molecule has 0 aliphatic heterocycles. The summed E-state index contributed by atoms with van der Waals surface area (Å²) < 4.78 is 1.66. The van der Waals surface area contributed by atoms with Gasteiger partial charge in [0, 0.05) is 37.9 Å². The van der Waals surface area contributed by atoms with Gasteiger partial charge in [-0.15, -0.1) is 12.4 Å². The quantitative estimate of drug-likeness (QED) is 0.492. The minimum atomic E-state index is -0.209. The number of aromatic amines is 1. The van der Waals surface area contributed by atoms with Crippen LogP contribution in [0.25, 0.3) is 22.8 Å². The minimum Gasteiger partial charge on any atom is -0.326 e. The molecule has 0 aromatic carbocycles. The van der Waals surface area contributed by atoms with E-state index in [0.717, 1.165) is 17.9 Å². The Morgan fingerprint density at radius 2 is 1.47 bits per heavy atom. The summed E-state index contributed by atoms with van der Waals surface area (Å²) in [6, 6.07) is 11.2. The van der Waals surface area contributed by atoms with E-state index in [1.165, 1.54) is 12.4 Å². The molecule has 4 heterocycles. The van der Waals surface area contributed by atoms with Crippen LogP contribution in [0, 0.1) is 0 Å². The maximum absolute atomic E-state index is 11.7. The molecule has 0 bridgehead atoms. The number of H-pyrrole nitrogens is 1. The zero-order valence-corrected chi connectivity index (χ0v) is 18.6. The number of nitrogens with zero attached hydrogens (tertiary/aromatic N) is 6. The Labute approximate surface area is 191 Å². The van der Waals surface area contributed by atoms with Gasteiger partial charge in [0.25, 0.3) is 11.1 Å². The van der Waals surface area contributed by atoms with Gasteiger partial charge in [0.1, 0.15) is 11.4 Å². The van der Waals surface area contributed by atoms with Crippen molar-refractivity contribution in [2.75, 3.05) is 20.6 Å². The predicted octanol–water partition coefficient (Wildman–Crippen LogP) is 2.12. The monoisotopic (exact) mass is 453 g/mol. The average molecular weight is 454 g/mol. The van der Waals surface area contributed by atoms with Crippen molar-refractivity contribution in [3.05, 3.63) is 94.3 Å². The molecule has 0 radical (unpaired) electrons. The summed E-state index contributed by atoms with van der Waals surface area (Å²) in [5.41, 5.74) is 2.61. The molecular weight excluding hydrogens is 430 g/mol. The molecule has 0 aliphatic carbocycles. The fraction of sp³-hybridized carbons (Fsp3) is 0.182. The Bertz CT molecular complexity index is 1190. The second kappa shape index (κ2) is 12.2. The zero-order chi connectivity index (χ0) is 22.1. The van der Waals surface area contributed by atoms with E-state index in [1.54, 1.807) is 29.4 Å². The normalized spacial score (nSPS) is 10.1. The summed E-state index contributed by atoms with van der Waals surface area (Å²) in [7, 11) is 3.96. The molecule has 0 saturated heterocycles. The second-order valence-corrected chi connectivity index (χ2v) is 6.83. The highest BCUT2D eigenvalue weighted by Crippen LogP contribution is 2.11. The largest absolute Gasteiger partial charge is 0.326 e. The maximum Gasteiger partial charge on any atom is 0.269 e. The van der Waals surface area contributed by atoms with Gasteiger partial charge in [-0.3, -0.25) is 19.6 Å². The molecule has 4 aromatic heterocycles. The number of likely N-dealkylation sites (N-methyl/N-ethyl adjacent to an activating group) is 1. The van der Waals surface area contributed by atoms with E-state index >= 15 is 0 Å². The summed E-state index contributed by atoms with van der Waals surface area (Å²) >= 11 is 0. The van der Waals surface area contributed by atoms with Gasteiger partial charge in [0.15, 0.2) is 0 Å². The van der Waals surface area contributed by atoms with Crippen LogP contribution in [0.3, 0.4) is 0 Å². The van der Waals surface area contributed by atoms with Crippen LogP contribution in [0.1, 0.15) is 0 Å². The Morgan fingerprint density at radius 3 is 2.00 bits per heavy atom. The first-order chi connectivity index (χ1) is 15.0. The molecule has 0 atom stereocenters. The van der Waals surface area contributed by atoms with Gasteiger partial charge in [-0.05, 0) is 38.4 Å². The van der Waals surface area contributed by atoms with Crippen molar-refractivity contribution >= 4 is 12.4 Å². The maximum atomic E-state index is 11.7. The highest BCUT2D eigenvalue weighted by Gasteiger charge is 2.04. The summed E-state index contributed by atoms with van der Waals surface area (Å²) in [6.45, 7) is 1.46. The molecule has 0 saturated carbocycles. The first-order valence-electron chi connectivity index (χ1n) is 9.61. The van der Waals surface area contributed by atoms with Gasteiger partial charge in [-0.2, -0.15) is 0 Å². The molecule has 32 heavy (non-hydrogen) atoms. The van der Waals surface area contributed by atoms with Crippen LogP contribution in [-0.4, -0.2) is 55.0 Å². The molecule has 1 N–H and O–H groups in total. The standard InChI is InChI=1S/C13H16N4O.C9H7N3O.ClH/c1-16(2)7-8-17-10-12(15-9-13(17)18)11-5-3-4-6-14-11;13-9-6-11-8(5-12-9)7-3-1-2-4-10-7;/h3-6,9-10H,7-8H2,1-2H3;1-6H,(H,12,13);1H. The number of nitrogens with one attached hydrogen (secondary N) is 1. The Hall–Kier alpha value is -3.69. The first-order valence-corrected chi connectivity index (χ1v) is 9.61. The third kappa shape index (κ3) is 7.22. The van der Waals surface area contributed by atoms with E-state index in [1.807, 2.05) is 55.4 Å². The number of rotatable bonds is 5. The van der Waals surface area contributed by atoms with Gasteiger partial charge in [-0.25, -0.2) is 9.97 Å². The van der Waals surface area contributed by atoms with E-state index < -0.39 is 0 Å². The minimum absolute atomic E-state index is 0. The molecular formula is C22H24ClN7O2. The first kappa shape index (κ1) is 24.6. The van der Waals surface area contributed by atoms with E-state index in [2.05, 4.69) is 24.9 Å². The lowest BCUT2D eigenvalue weighted by Crippen LogP contribution is -2.26. The molecule has 10 heteroatoms. The van der Waals surface area contributed by atoms with Crippen molar-refractivity contribution in [3.8, 4) is 22.8 Å². The van der Waals surface area contributed by atoms with Crippen molar-refractivity contribution in [3.63, 3.8) is 0 Å². The van der Waals surface area contributed by atoms with Crippen molar-refractivity contribution in [2.45, 2.75) is 6.54 Å². The summed E-state index contributed by atoms with van der Waals surface area (Å²) in [5, 5.41) is 0. The van der Waals surface area contributed by atoms with Crippen LogP contribution in [0.4, 0.5) is 0 Å².